The number of nitrogens with zero attached hydrogens (tertiary/aromatic N) is 3. The Labute approximate surface area is 169 Å². The monoisotopic (exact) mass is 419 g/mol. The van der Waals surface area contributed by atoms with Crippen LogP contribution in [0.1, 0.15) is 5.76 Å². The van der Waals surface area contributed by atoms with Crippen LogP contribution in [0.5, 0.6) is 0 Å². The number of amidine groups is 1. The van der Waals surface area contributed by atoms with Gasteiger partial charge in [0.25, 0.3) is 11.6 Å². The number of amides is 1. The van der Waals surface area contributed by atoms with Gasteiger partial charge in [0.2, 0.25) is 0 Å². The van der Waals surface area contributed by atoms with Crippen LogP contribution in [-0.2, 0) is 9.53 Å². The van der Waals surface area contributed by atoms with E-state index in [-0.39, 0.29) is 11.6 Å². The summed E-state index contributed by atoms with van der Waals surface area (Å²) in [5.41, 5.74) is 0.331. The molecule has 10 heteroatoms. The first kappa shape index (κ1) is 18.7. The van der Waals surface area contributed by atoms with Crippen LogP contribution >= 0.6 is 23.4 Å². The third kappa shape index (κ3) is 3.82. The predicted octanol–water partition coefficient (Wildman–Crippen LogP) is 3.81. The van der Waals surface area contributed by atoms with Crippen LogP contribution in [0.2, 0.25) is 5.02 Å². The number of aliphatic imine (C=N–C) groups is 1. The van der Waals surface area contributed by atoms with Crippen LogP contribution in [0.3, 0.4) is 0 Å². The lowest BCUT2D eigenvalue weighted by Crippen LogP contribution is -2.38. The van der Waals surface area contributed by atoms with E-state index in [0.717, 1.165) is 0 Å². The van der Waals surface area contributed by atoms with Gasteiger partial charge in [-0.3, -0.25) is 14.9 Å². The minimum absolute atomic E-state index is 0.0826. The number of furan rings is 1. The molecule has 28 heavy (non-hydrogen) atoms. The Hall–Kier alpha value is -2.62. The topological polar surface area (TPSA) is 98.2 Å². The molecule has 2 aliphatic rings. The Morgan fingerprint density at radius 2 is 2.04 bits per heavy atom. The number of rotatable bonds is 3. The minimum atomic E-state index is -0.496. The van der Waals surface area contributed by atoms with Crippen molar-refractivity contribution in [3.05, 3.63) is 56.1 Å². The number of hydrogen-bond acceptors (Lipinski definition) is 7. The lowest BCUT2D eigenvalue weighted by atomic mass is 10.1. The second-order valence-electron chi connectivity index (χ2n) is 6.03. The Bertz CT molecular complexity index is 1010. The molecule has 1 fully saturated rings. The Kier molecular flexibility index (Phi) is 5.21. The number of halogens is 1. The highest BCUT2D eigenvalue weighted by Crippen LogP contribution is 2.35. The van der Waals surface area contributed by atoms with Crippen LogP contribution in [0, 0.1) is 10.1 Å². The summed E-state index contributed by atoms with van der Waals surface area (Å²) in [7, 11) is 0. The molecule has 4 rings (SSSR count). The molecule has 8 nitrogen and oxygen atoms in total. The van der Waals surface area contributed by atoms with Gasteiger partial charge in [0.05, 0.1) is 28.1 Å². The molecule has 0 bridgehead atoms. The molecule has 0 N–H and O–H groups in total. The maximum absolute atomic E-state index is 12.2. The molecule has 2 aromatic rings. The summed E-state index contributed by atoms with van der Waals surface area (Å²) < 4.78 is 11.1. The highest BCUT2D eigenvalue weighted by molar-refractivity contribution is 8.18. The Morgan fingerprint density at radius 1 is 1.25 bits per heavy atom. The smallest absolute Gasteiger partial charge is 0.286 e. The third-order valence-corrected chi connectivity index (χ3v) is 5.59. The number of ether oxygens (including phenoxy) is 1. The Balaban J connectivity index is 1.55. The van der Waals surface area contributed by atoms with E-state index >= 15 is 0 Å². The normalized spacial score (nSPS) is 18.6. The van der Waals surface area contributed by atoms with Gasteiger partial charge in [0.1, 0.15) is 11.5 Å². The SMILES string of the molecule is O=C1N=C(N2CCOCC2)S/C1=C/c1ccc(-c2cc([N+](=O)[O-])ccc2Cl)o1. The average molecular weight is 420 g/mol. The van der Waals surface area contributed by atoms with Crippen molar-refractivity contribution in [2.24, 2.45) is 4.99 Å². The predicted molar refractivity (Wildman–Crippen MR) is 106 cm³/mol. The van der Waals surface area contributed by atoms with E-state index in [2.05, 4.69) is 4.99 Å². The zero-order valence-corrected chi connectivity index (χ0v) is 16.0. The van der Waals surface area contributed by atoms with E-state index in [9.17, 15) is 14.9 Å². The van der Waals surface area contributed by atoms with Gasteiger partial charge in [0.15, 0.2) is 5.17 Å². The molecule has 1 amide bonds. The van der Waals surface area contributed by atoms with Gasteiger partial charge < -0.3 is 14.1 Å². The number of thioether (sulfide) groups is 1. The molecule has 144 valence electrons. The lowest BCUT2D eigenvalue weighted by molar-refractivity contribution is -0.384. The van der Waals surface area contributed by atoms with Gasteiger partial charge >= 0.3 is 0 Å². The van der Waals surface area contributed by atoms with Crippen molar-refractivity contribution in [2.75, 3.05) is 26.3 Å². The number of non-ortho nitro benzene ring substituents is 1. The van der Waals surface area contributed by atoms with Gasteiger partial charge in [-0.1, -0.05) is 11.6 Å². The number of benzene rings is 1. The number of carbonyl (C=O) groups excluding carboxylic acids is 1. The highest BCUT2D eigenvalue weighted by atomic mass is 35.5. The molecule has 0 aliphatic carbocycles. The van der Waals surface area contributed by atoms with Crippen LogP contribution in [0.4, 0.5) is 5.69 Å². The molecule has 1 saturated heterocycles. The van der Waals surface area contributed by atoms with Crippen LogP contribution < -0.4 is 0 Å². The summed E-state index contributed by atoms with van der Waals surface area (Å²) in [5, 5.41) is 12.0. The molecule has 0 atom stereocenters. The number of hydrogen-bond donors (Lipinski definition) is 0. The second-order valence-corrected chi connectivity index (χ2v) is 7.45. The molecule has 0 spiro atoms. The largest absolute Gasteiger partial charge is 0.457 e. The van der Waals surface area contributed by atoms with Crippen LogP contribution in [0.25, 0.3) is 17.4 Å². The van der Waals surface area contributed by atoms with E-state index in [4.69, 9.17) is 20.8 Å². The summed E-state index contributed by atoms with van der Waals surface area (Å²) in [6.45, 7) is 2.61. The van der Waals surface area contributed by atoms with E-state index in [1.807, 2.05) is 4.90 Å². The van der Waals surface area contributed by atoms with E-state index in [0.29, 0.717) is 58.5 Å². The van der Waals surface area contributed by atoms with Crippen molar-refractivity contribution in [1.29, 1.82) is 0 Å². The van der Waals surface area contributed by atoms with Gasteiger partial charge in [-0.25, -0.2) is 0 Å². The fraction of sp³-hybridized carbons (Fsp3) is 0.222. The van der Waals surface area contributed by atoms with Gasteiger partial charge in [0, 0.05) is 36.9 Å². The maximum atomic E-state index is 12.2. The van der Waals surface area contributed by atoms with Crippen LogP contribution in [-0.4, -0.2) is 47.2 Å². The van der Waals surface area contributed by atoms with Crippen molar-refractivity contribution in [3.63, 3.8) is 0 Å². The molecule has 0 radical (unpaired) electrons. The lowest BCUT2D eigenvalue weighted by Gasteiger charge is -2.27. The molecular formula is C18H14ClN3O5S. The van der Waals surface area contributed by atoms with Crippen molar-refractivity contribution < 1.29 is 18.9 Å². The minimum Gasteiger partial charge on any atom is -0.457 e. The zero-order valence-electron chi connectivity index (χ0n) is 14.5. The number of nitro groups is 1. The van der Waals surface area contributed by atoms with Crippen molar-refractivity contribution in [3.8, 4) is 11.3 Å². The standard InChI is InChI=1S/C18H14ClN3O5S/c19-14-3-1-11(22(24)25)9-13(14)15-4-2-12(27-15)10-16-17(23)20-18(28-16)21-5-7-26-8-6-21/h1-4,9-10H,5-8H2/b16-10+. The third-order valence-electron chi connectivity index (χ3n) is 4.22. The molecule has 3 heterocycles. The summed E-state index contributed by atoms with van der Waals surface area (Å²) in [4.78, 5) is 29.3. The molecule has 0 saturated carbocycles. The highest BCUT2D eigenvalue weighted by Gasteiger charge is 2.27. The molecule has 1 aromatic heterocycles. The quantitative estimate of drug-likeness (QED) is 0.423. The van der Waals surface area contributed by atoms with Gasteiger partial charge in [-0.05, 0) is 30.0 Å². The fourth-order valence-corrected chi connectivity index (χ4v) is 3.96. The van der Waals surface area contributed by atoms with Crippen molar-refractivity contribution in [2.45, 2.75) is 0 Å². The zero-order chi connectivity index (χ0) is 19.7. The average Bonchev–Trinajstić information content (AvgIpc) is 3.30. The van der Waals surface area contributed by atoms with E-state index < -0.39 is 4.92 Å². The Morgan fingerprint density at radius 3 is 2.79 bits per heavy atom. The summed E-state index contributed by atoms with van der Waals surface area (Å²) in [6, 6.07) is 7.47. The first-order valence-corrected chi connectivity index (χ1v) is 9.60. The number of carbonyl (C=O) groups is 1. The van der Waals surface area contributed by atoms with Crippen molar-refractivity contribution in [1.82, 2.24) is 4.90 Å². The molecular weight excluding hydrogens is 406 g/mol. The fourth-order valence-electron chi connectivity index (χ4n) is 2.81. The number of morpholine rings is 1. The maximum Gasteiger partial charge on any atom is 0.286 e. The first-order chi connectivity index (χ1) is 13.5. The van der Waals surface area contributed by atoms with E-state index in [1.165, 1.54) is 30.0 Å². The van der Waals surface area contributed by atoms with E-state index in [1.54, 1.807) is 18.2 Å². The first-order valence-electron chi connectivity index (χ1n) is 8.41. The van der Waals surface area contributed by atoms with Gasteiger partial charge in [-0.15, -0.1) is 0 Å². The van der Waals surface area contributed by atoms with Crippen molar-refractivity contribution >= 4 is 46.2 Å². The summed E-state index contributed by atoms with van der Waals surface area (Å²) >= 11 is 7.44. The second kappa shape index (κ2) is 7.78. The number of nitro benzene ring substituents is 1. The summed E-state index contributed by atoms with van der Waals surface area (Å²) in [6.07, 6.45) is 1.61. The molecule has 1 aromatic carbocycles. The van der Waals surface area contributed by atoms with Gasteiger partial charge in [-0.2, -0.15) is 4.99 Å². The molecule has 2 aliphatic heterocycles. The summed E-state index contributed by atoms with van der Waals surface area (Å²) in [5.74, 6) is 0.495. The van der Waals surface area contributed by atoms with Crippen LogP contribution in [0.15, 0.2) is 44.6 Å². The molecule has 0 unspecified atom stereocenters.